The second-order valence-corrected chi connectivity index (χ2v) is 7.63. The molecule has 1 aliphatic rings. The number of piperidine rings is 1. The van der Waals surface area contributed by atoms with Gasteiger partial charge >= 0.3 is 0 Å². The third-order valence-electron chi connectivity index (χ3n) is 4.05. The van der Waals surface area contributed by atoms with Crippen molar-refractivity contribution in [3.05, 3.63) is 48.5 Å². The van der Waals surface area contributed by atoms with Crippen LogP contribution in [0.25, 0.3) is 0 Å². The van der Waals surface area contributed by atoms with Gasteiger partial charge in [0.05, 0.1) is 12.0 Å². The van der Waals surface area contributed by atoms with Gasteiger partial charge in [-0.25, -0.2) is 13.1 Å². The number of ether oxygens (including phenoxy) is 2. The molecule has 0 radical (unpaired) electrons. The van der Waals surface area contributed by atoms with Crippen LogP contribution in [0.4, 0.5) is 0 Å². The first-order valence-electron chi connectivity index (χ1n) is 8.22. The number of rotatable bonds is 6. The van der Waals surface area contributed by atoms with Crippen LogP contribution < -0.4 is 19.5 Å². The van der Waals surface area contributed by atoms with Crippen molar-refractivity contribution in [3.8, 4) is 17.2 Å². The molecular weight excluding hydrogens is 340 g/mol. The summed E-state index contributed by atoms with van der Waals surface area (Å²) in [7, 11) is -1.92. The molecular formula is C18H22N2O4S. The van der Waals surface area contributed by atoms with Crippen molar-refractivity contribution in [1.29, 1.82) is 0 Å². The van der Waals surface area contributed by atoms with E-state index in [9.17, 15) is 8.42 Å². The van der Waals surface area contributed by atoms with Gasteiger partial charge in [-0.15, -0.1) is 0 Å². The Balaban J connectivity index is 1.66. The minimum Gasteiger partial charge on any atom is -0.497 e. The Morgan fingerprint density at radius 1 is 1.00 bits per heavy atom. The average Bonchev–Trinajstić information content (AvgIpc) is 2.63. The van der Waals surface area contributed by atoms with E-state index in [2.05, 4.69) is 10.0 Å². The van der Waals surface area contributed by atoms with E-state index >= 15 is 0 Å². The molecule has 2 N–H and O–H groups in total. The second kappa shape index (κ2) is 7.86. The molecule has 0 aromatic heterocycles. The third-order valence-corrected chi connectivity index (χ3v) is 5.58. The molecule has 134 valence electrons. The predicted octanol–water partition coefficient (Wildman–Crippen LogP) is 2.52. The lowest BCUT2D eigenvalue weighted by atomic mass is 10.1. The van der Waals surface area contributed by atoms with Gasteiger partial charge in [-0.1, -0.05) is 0 Å². The summed E-state index contributed by atoms with van der Waals surface area (Å²) in [6.45, 7) is 1.60. The lowest BCUT2D eigenvalue weighted by molar-refractivity contribution is 0.413. The molecule has 1 fully saturated rings. The molecule has 3 rings (SSSR count). The minimum absolute atomic E-state index is 0.0611. The summed E-state index contributed by atoms with van der Waals surface area (Å²) in [6.07, 6.45) is 1.83. The summed E-state index contributed by atoms with van der Waals surface area (Å²) in [5.41, 5.74) is 0. The SMILES string of the molecule is COc1ccc(Oc2ccc(S(=O)(=O)NC3CCCNC3)cc2)cc1. The summed E-state index contributed by atoms with van der Waals surface area (Å²) in [4.78, 5) is 0.236. The fourth-order valence-electron chi connectivity index (χ4n) is 2.71. The van der Waals surface area contributed by atoms with E-state index < -0.39 is 10.0 Å². The molecule has 6 nitrogen and oxygen atoms in total. The fraction of sp³-hybridized carbons (Fsp3) is 0.333. The first kappa shape index (κ1) is 17.7. The highest BCUT2D eigenvalue weighted by molar-refractivity contribution is 7.89. The molecule has 1 atom stereocenters. The van der Waals surface area contributed by atoms with Crippen LogP contribution in [-0.2, 0) is 10.0 Å². The molecule has 1 unspecified atom stereocenters. The van der Waals surface area contributed by atoms with Crippen molar-refractivity contribution in [2.45, 2.75) is 23.8 Å². The lowest BCUT2D eigenvalue weighted by Gasteiger charge is -2.23. The Bertz CT molecular complexity index is 783. The largest absolute Gasteiger partial charge is 0.497 e. The van der Waals surface area contributed by atoms with Crippen LogP contribution in [0.2, 0.25) is 0 Å². The Kier molecular flexibility index (Phi) is 5.57. The summed E-state index contributed by atoms with van der Waals surface area (Å²) >= 11 is 0. The van der Waals surface area contributed by atoms with Crippen molar-refractivity contribution >= 4 is 10.0 Å². The maximum Gasteiger partial charge on any atom is 0.240 e. The van der Waals surface area contributed by atoms with E-state index in [1.165, 1.54) is 0 Å². The van der Waals surface area contributed by atoms with Crippen LogP contribution in [0, 0.1) is 0 Å². The number of methoxy groups -OCH3 is 1. The zero-order valence-corrected chi connectivity index (χ0v) is 14.9. The molecule has 0 bridgehead atoms. The summed E-state index contributed by atoms with van der Waals surface area (Å²) in [5, 5.41) is 3.20. The van der Waals surface area contributed by atoms with Crippen molar-refractivity contribution in [3.63, 3.8) is 0 Å². The fourth-order valence-corrected chi connectivity index (χ4v) is 3.98. The Hall–Kier alpha value is -2.09. The van der Waals surface area contributed by atoms with E-state index in [1.54, 1.807) is 55.6 Å². The van der Waals surface area contributed by atoms with E-state index in [4.69, 9.17) is 9.47 Å². The molecule has 2 aromatic rings. The van der Waals surface area contributed by atoms with E-state index in [1.807, 2.05) is 0 Å². The molecule has 2 aromatic carbocycles. The van der Waals surface area contributed by atoms with Gasteiger partial charge in [-0.2, -0.15) is 0 Å². The first-order chi connectivity index (χ1) is 12.1. The van der Waals surface area contributed by atoms with Gasteiger partial charge in [0, 0.05) is 12.6 Å². The van der Waals surface area contributed by atoms with E-state index in [0.717, 1.165) is 25.1 Å². The monoisotopic (exact) mass is 362 g/mol. The Labute approximate surface area is 148 Å². The number of hydrogen-bond donors (Lipinski definition) is 2. The van der Waals surface area contributed by atoms with Crippen LogP contribution in [0.15, 0.2) is 53.4 Å². The van der Waals surface area contributed by atoms with Crippen molar-refractivity contribution in [2.75, 3.05) is 20.2 Å². The minimum atomic E-state index is -3.52. The van der Waals surface area contributed by atoms with Crippen LogP contribution in [0.3, 0.4) is 0 Å². The van der Waals surface area contributed by atoms with Crippen LogP contribution >= 0.6 is 0 Å². The average molecular weight is 362 g/mol. The summed E-state index contributed by atoms with van der Waals surface area (Å²) < 4.78 is 38.5. The highest BCUT2D eigenvalue weighted by Gasteiger charge is 2.21. The third kappa shape index (κ3) is 4.72. The van der Waals surface area contributed by atoms with Crippen LogP contribution in [-0.4, -0.2) is 34.7 Å². The lowest BCUT2D eigenvalue weighted by Crippen LogP contribution is -2.45. The molecule has 0 amide bonds. The Morgan fingerprint density at radius 2 is 1.60 bits per heavy atom. The number of nitrogens with one attached hydrogen (secondary N) is 2. The zero-order chi connectivity index (χ0) is 17.7. The van der Waals surface area contributed by atoms with E-state index in [0.29, 0.717) is 18.0 Å². The molecule has 0 aliphatic carbocycles. The van der Waals surface area contributed by atoms with Crippen LogP contribution in [0.1, 0.15) is 12.8 Å². The van der Waals surface area contributed by atoms with E-state index in [-0.39, 0.29) is 10.9 Å². The standard InChI is InChI=1S/C18H22N2O4S/c1-23-15-4-6-16(7-5-15)24-17-8-10-18(11-9-17)25(21,22)20-14-3-2-12-19-13-14/h4-11,14,19-20H,2-3,12-13H2,1H3. The molecule has 1 saturated heterocycles. The maximum absolute atomic E-state index is 12.4. The van der Waals surface area contributed by atoms with Gasteiger partial charge in [0.2, 0.25) is 10.0 Å². The van der Waals surface area contributed by atoms with Crippen molar-refractivity contribution < 1.29 is 17.9 Å². The molecule has 1 heterocycles. The number of hydrogen-bond acceptors (Lipinski definition) is 5. The van der Waals surface area contributed by atoms with Gasteiger partial charge in [0.15, 0.2) is 0 Å². The molecule has 0 spiro atoms. The predicted molar refractivity (Wildman–Crippen MR) is 95.7 cm³/mol. The number of benzene rings is 2. The van der Waals surface area contributed by atoms with Gasteiger partial charge in [0.25, 0.3) is 0 Å². The molecule has 1 aliphatic heterocycles. The molecule has 0 saturated carbocycles. The molecule has 25 heavy (non-hydrogen) atoms. The number of sulfonamides is 1. The van der Waals surface area contributed by atoms with Crippen LogP contribution in [0.5, 0.6) is 17.2 Å². The zero-order valence-electron chi connectivity index (χ0n) is 14.1. The quantitative estimate of drug-likeness (QED) is 0.826. The topological polar surface area (TPSA) is 76.7 Å². The van der Waals surface area contributed by atoms with Crippen molar-refractivity contribution in [2.24, 2.45) is 0 Å². The Morgan fingerprint density at radius 3 is 2.16 bits per heavy atom. The van der Waals surface area contributed by atoms with Gasteiger partial charge in [-0.3, -0.25) is 0 Å². The summed E-state index contributed by atoms with van der Waals surface area (Å²) in [6, 6.07) is 13.5. The normalized spacial score (nSPS) is 17.9. The smallest absolute Gasteiger partial charge is 0.240 e. The highest BCUT2D eigenvalue weighted by Crippen LogP contribution is 2.25. The highest BCUT2D eigenvalue weighted by atomic mass is 32.2. The van der Waals surface area contributed by atoms with Gasteiger partial charge in [-0.05, 0) is 67.9 Å². The second-order valence-electron chi connectivity index (χ2n) is 5.91. The summed E-state index contributed by atoms with van der Waals surface area (Å²) in [5.74, 6) is 1.98. The molecule has 7 heteroatoms. The maximum atomic E-state index is 12.4. The van der Waals surface area contributed by atoms with Gasteiger partial charge in [0.1, 0.15) is 17.2 Å². The first-order valence-corrected chi connectivity index (χ1v) is 9.70. The van der Waals surface area contributed by atoms with Crippen molar-refractivity contribution in [1.82, 2.24) is 10.0 Å². The van der Waals surface area contributed by atoms with Gasteiger partial charge < -0.3 is 14.8 Å².